The number of hydrogen-bond donors (Lipinski definition) is 1. The lowest BCUT2D eigenvalue weighted by Crippen LogP contribution is -2.33. The van der Waals surface area contributed by atoms with Gasteiger partial charge in [0.05, 0.1) is 14.2 Å². The highest BCUT2D eigenvalue weighted by Gasteiger charge is 2.41. The third-order valence-electron chi connectivity index (χ3n) is 6.09. The van der Waals surface area contributed by atoms with E-state index in [0.717, 1.165) is 40.3 Å². The summed E-state index contributed by atoms with van der Waals surface area (Å²) in [4.78, 5) is 13.3. The van der Waals surface area contributed by atoms with Crippen molar-refractivity contribution >= 4 is 11.5 Å². The van der Waals surface area contributed by atoms with Gasteiger partial charge in [0.15, 0.2) is 28.8 Å². The monoisotopic (exact) mass is 407 g/mol. The summed E-state index contributed by atoms with van der Waals surface area (Å²) in [7, 11) is 3.24. The quantitative estimate of drug-likeness (QED) is 0.800. The SMILES string of the molecule is COc1ccc([C@H]2C3=C(CC(C)(C)CC3=O)Nc3cc4c(cc32)OCO4)cc1OC. The van der Waals surface area contributed by atoms with Crippen LogP contribution in [0.2, 0.25) is 0 Å². The number of Topliss-reactive ketones (excluding diaryl/α,β-unsaturated/α-hetero) is 1. The van der Waals surface area contributed by atoms with E-state index < -0.39 is 0 Å². The Morgan fingerprint density at radius 2 is 1.73 bits per heavy atom. The lowest BCUT2D eigenvalue weighted by atomic mass is 9.68. The van der Waals surface area contributed by atoms with Crippen molar-refractivity contribution in [1.82, 2.24) is 0 Å². The lowest BCUT2D eigenvalue weighted by molar-refractivity contribution is -0.118. The Morgan fingerprint density at radius 1 is 1.00 bits per heavy atom. The van der Waals surface area contributed by atoms with Crippen LogP contribution in [0.1, 0.15) is 43.7 Å². The largest absolute Gasteiger partial charge is 0.493 e. The number of allylic oxidation sites excluding steroid dienone is 2. The molecular formula is C24H25NO5. The molecule has 0 radical (unpaired) electrons. The number of methoxy groups -OCH3 is 2. The average molecular weight is 407 g/mol. The van der Waals surface area contributed by atoms with Crippen LogP contribution in [0.4, 0.5) is 5.69 Å². The van der Waals surface area contributed by atoms with Crippen molar-refractivity contribution in [3.8, 4) is 23.0 Å². The highest BCUT2D eigenvalue weighted by molar-refractivity contribution is 6.01. The summed E-state index contributed by atoms with van der Waals surface area (Å²) in [5, 5.41) is 3.53. The number of ketones is 1. The molecule has 156 valence electrons. The van der Waals surface area contributed by atoms with Gasteiger partial charge in [-0.2, -0.15) is 0 Å². The first-order valence-corrected chi connectivity index (χ1v) is 10.1. The summed E-state index contributed by atoms with van der Waals surface area (Å²) >= 11 is 0. The number of carbonyl (C=O) groups excluding carboxylic acids is 1. The fraction of sp³-hybridized carbons (Fsp3) is 0.375. The first-order valence-electron chi connectivity index (χ1n) is 10.1. The maximum Gasteiger partial charge on any atom is 0.231 e. The summed E-state index contributed by atoms with van der Waals surface area (Å²) in [6.45, 7) is 4.48. The number of carbonyl (C=O) groups is 1. The third kappa shape index (κ3) is 2.90. The lowest BCUT2D eigenvalue weighted by Gasteiger charge is -2.39. The number of ether oxygens (including phenoxy) is 4. The van der Waals surface area contributed by atoms with Gasteiger partial charge in [0.2, 0.25) is 6.79 Å². The molecule has 3 aliphatic rings. The first kappa shape index (κ1) is 18.9. The van der Waals surface area contributed by atoms with Crippen molar-refractivity contribution < 1.29 is 23.7 Å². The summed E-state index contributed by atoms with van der Waals surface area (Å²) in [6.07, 6.45) is 1.34. The maximum absolute atomic E-state index is 13.3. The standard InChI is InChI=1S/C24H25NO5/c1-24(2)10-16-23(17(26)11-24)22(13-5-6-18(27-3)19(7-13)28-4)14-8-20-21(30-12-29-20)9-15(14)25-16/h5-9,22,25H,10-12H2,1-4H3/t22-/m1/s1. The van der Waals surface area contributed by atoms with Crippen LogP contribution in [0, 0.1) is 5.41 Å². The summed E-state index contributed by atoms with van der Waals surface area (Å²) < 4.78 is 22.2. The first-order chi connectivity index (χ1) is 14.4. The fourth-order valence-corrected chi connectivity index (χ4v) is 4.78. The molecule has 5 rings (SSSR count). The molecule has 1 N–H and O–H groups in total. The Kier molecular flexibility index (Phi) is 4.20. The normalized spacial score (nSPS) is 20.9. The molecule has 0 saturated heterocycles. The van der Waals surface area contributed by atoms with E-state index in [0.29, 0.717) is 23.7 Å². The summed E-state index contributed by atoms with van der Waals surface area (Å²) in [5.74, 6) is 2.69. The molecular weight excluding hydrogens is 382 g/mol. The molecule has 0 spiro atoms. The van der Waals surface area contributed by atoms with Crippen molar-refractivity contribution in [2.45, 2.75) is 32.6 Å². The molecule has 0 saturated carbocycles. The van der Waals surface area contributed by atoms with Crippen LogP contribution in [0.5, 0.6) is 23.0 Å². The van der Waals surface area contributed by atoms with Crippen LogP contribution >= 0.6 is 0 Å². The Hall–Kier alpha value is -3.15. The third-order valence-corrected chi connectivity index (χ3v) is 6.09. The van der Waals surface area contributed by atoms with Crippen molar-refractivity contribution in [3.05, 3.63) is 52.7 Å². The number of rotatable bonds is 3. The van der Waals surface area contributed by atoms with E-state index in [1.165, 1.54) is 0 Å². The van der Waals surface area contributed by atoms with Gasteiger partial charge in [-0.3, -0.25) is 4.79 Å². The topological polar surface area (TPSA) is 66.0 Å². The van der Waals surface area contributed by atoms with Gasteiger partial charge < -0.3 is 24.3 Å². The molecule has 2 aromatic carbocycles. The molecule has 1 atom stereocenters. The Bertz CT molecular complexity index is 1090. The molecule has 0 aromatic heterocycles. The van der Waals surface area contributed by atoms with E-state index in [1.54, 1.807) is 14.2 Å². The Morgan fingerprint density at radius 3 is 2.47 bits per heavy atom. The molecule has 0 fully saturated rings. The molecule has 0 unspecified atom stereocenters. The van der Waals surface area contributed by atoms with Crippen LogP contribution < -0.4 is 24.3 Å². The van der Waals surface area contributed by atoms with Crippen LogP contribution in [0.25, 0.3) is 0 Å². The van der Waals surface area contributed by atoms with Crippen LogP contribution in [-0.4, -0.2) is 26.8 Å². The number of benzene rings is 2. The Labute approximate surface area is 175 Å². The van der Waals surface area contributed by atoms with Crippen molar-refractivity contribution in [2.24, 2.45) is 5.41 Å². The van der Waals surface area contributed by atoms with Crippen LogP contribution in [0.3, 0.4) is 0 Å². The molecule has 2 aromatic rings. The summed E-state index contributed by atoms with van der Waals surface area (Å²) in [5.41, 5.74) is 4.66. The zero-order valence-electron chi connectivity index (χ0n) is 17.6. The van der Waals surface area contributed by atoms with Gasteiger partial charge in [-0.15, -0.1) is 0 Å². The number of fused-ring (bicyclic) bond motifs is 2. The van der Waals surface area contributed by atoms with Crippen LogP contribution in [-0.2, 0) is 4.79 Å². The molecule has 2 heterocycles. The second kappa shape index (κ2) is 6.69. The number of anilines is 1. The van der Waals surface area contributed by atoms with Crippen molar-refractivity contribution in [2.75, 3.05) is 26.3 Å². The molecule has 0 amide bonds. The van der Waals surface area contributed by atoms with E-state index in [1.807, 2.05) is 30.3 Å². The summed E-state index contributed by atoms with van der Waals surface area (Å²) in [6, 6.07) is 9.81. The highest BCUT2D eigenvalue weighted by atomic mass is 16.7. The van der Waals surface area contributed by atoms with Crippen LogP contribution in [0.15, 0.2) is 41.6 Å². The zero-order chi connectivity index (χ0) is 21.0. The van der Waals surface area contributed by atoms with E-state index in [-0.39, 0.29) is 23.9 Å². The zero-order valence-corrected chi connectivity index (χ0v) is 17.6. The molecule has 2 aliphatic heterocycles. The van der Waals surface area contributed by atoms with E-state index in [4.69, 9.17) is 18.9 Å². The van der Waals surface area contributed by atoms with Gasteiger partial charge in [0.25, 0.3) is 0 Å². The molecule has 30 heavy (non-hydrogen) atoms. The van der Waals surface area contributed by atoms with E-state index >= 15 is 0 Å². The average Bonchev–Trinajstić information content (AvgIpc) is 3.16. The predicted molar refractivity (Wildman–Crippen MR) is 113 cm³/mol. The van der Waals surface area contributed by atoms with Gasteiger partial charge in [-0.1, -0.05) is 19.9 Å². The minimum atomic E-state index is -0.214. The predicted octanol–water partition coefficient (Wildman–Crippen LogP) is 4.63. The number of nitrogens with one attached hydrogen (secondary N) is 1. The minimum absolute atomic E-state index is 0.0844. The molecule has 6 heteroatoms. The minimum Gasteiger partial charge on any atom is -0.493 e. The number of hydrogen-bond acceptors (Lipinski definition) is 6. The van der Waals surface area contributed by atoms with Crippen molar-refractivity contribution in [3.63, 3.8) is 0 Å². The van der Waals surface area contributed by atoms with Gasteiger partial charge >= 0.3 is 0 Å². The van der Waals surface area contributed by atoms with E-state index in [9.17, 15) is 4.79 Å². The smallest absolute Gasteiger partial charge is 0.231 e. The molecule has 1 aliphatic carbocycles. The Balaban J connectivity index is 1.72. The maximum atomic E-state index is 13.3. The highest BCUT2D eigenvalue weighted by Crippen LogP contribution is 2.52. The second-order valence-corrected chi connectivity index (χ2v) is 8.80. The fourth-order valence-electron chi connectivity index (χ4n) is 4.78. The second-order valence-electron chi connectivity index (χ2n) is 8.80. The molecule has 0 bridgehead atoms. The van der Waals surface area contributed by atoms with Gasteiger partial charge in [-0.05, 0) is 41.2 Å². The van der Waals surface area contributed by atoms with Gasteiger partial charge in [0.1, 0.15) is 0 Å². The van der Waals surface area contributed by atoms with E-state index in [2.05, 4.69) is 19.2 Å². The van der Waals surface area contributed by atoms with Gasteiger partial charge in [-0.25, -0.2) is 0 Å². The van der Waals surface area contributed by atoms with Gasteiger partial charge in [0, 0.05) is 35.4 Å². The van der Waals surface area contributed by atoms with Crippen molar-refractivity contribution in [1.29, 1.82) is 0 Å². The molecule has 6 nitrogen and oxygen atoms in total.